The van der Waals surface area contributed by atoms with Crippen molar-refractivity contribution in [2.24, 2.45) is 0 Å². The molecule has 32 heavy (non-hydrogen) atoms. The molecule has 2 aromatic heterocycles. The van der Waals surface area contributed by atoms with Gasteiger partial charge in [0.15, 0.2) is 0 Å². The second-order valence-corrected chi connectivity index (χ2v) is 9.58. The van der Waals surface area contributed by atoms with Gasteiger partial charge in [-0.05, 0) is 67.0 Å². The van der Waals surface area contributed by atoms with Crippen LogP contribution in [0.15, 0.2) is 36.7 Å². The van der Waals surface area contributed by atoms with Gasteiger partial charge in [-0.1, -0.05) is 97.8 Å². The van der Waals surface area contributed by atoms with Gasteiger partial charge in [0.05, 0.1) is 11.4 Å². The molecule has 0 atom stereocenters. The van der Waals surface area contributed by atoms with Crippen molar-refractivity contribution >= 4 is 0 Å². The van der Waals surface area contributed by atoms with Gasteiger partial charge in [-0.15, -0.1) is 0 Å². The molecule has 0 saturated heterocycles. The number of hydrogen-bond acceptors (Lipinski definition) is 2. The molecule has 0 fully saturated rings. The highest BCUT2D eigenvalue weighted by Crippen LogP contribution is 2.30. The zero-order chi connectivity index (χ0) is 22.9. The van der Waals surface area contributed by atoms with Crippen LogP contribution >= 0.6 is 0 Å². The summed E-state index contributed by atoms with van der Waals surface area (Å²) in [7, 11) is 0. The van der Waals surface area contributed by atoms with E-state index in [0.29, 0.717) is 5.92 Å². The molecule has 2 heteroatoms. The molecule has 0 aliphatic heterocycles. The van der Waals surface area contributed by atoms with Crippen LogP contribution < -0.4 is 0 Å². The third-order valence-corrected chi connectivity index (χ3v) is 6.72. The number of unbranched alkanes of at least 4 members (excludes halogenated alkanes) is 10. The highest BCUT2D eigenvalue weighted by molar-refractivity contribution is 5.56. The summed E-state index contributed by atoms with van der Waals surface area (Å²) >= 11 is 0. The van der Waals surface area contributed by atoms with E-state index in [2.05, 4.69) is 50.0 Å². The topological polar surface area (TPSA) is 25.8 Å². The molecule has 0 bridgehead atoms. The maximum atomic E-state index is 4.71. The average Bonchev–Trinajstić information content (AvgIpc) is 2.83. The molecule has 0 N–H and O–H groups in total. The first-order valence-electron chi connectivity index (χ1n) is 13.7. The summed E-state index contributed by atoms with van der Waals surface area (Å²) in [5.74, 6) is 0.659. The minimum Gasteiger partial charge on any atom is -0.255 e. The predicted octanol–water partition coefficient (Wildman–Crippen LogP) is 9.68. The predicted molar refractivity (Wildman–Crippen MR) is 140 cm³/mol. The van der Waals surface area contributed by atoms with Gasteiger partial charge in [-0.3, -0.25) is 9.97 Å². The van der Waals surface area contributed by atoms with Crippen LogP contribution in [-0.2, 0) is 6.42 Å². The standard InChI is InChI=1S/C30H48N2/c1-4-7-10-13-14-17-26-20-22-31-29(24-26)30-25-28(21-23-32-30)27(18-15-11-8-5-2)19-16-12-9-6-3/h20-25,27H,4-19H2,1-3H3. The fraction of sp³-hybridized carbons (Fsp3) is 0.667. The highest BCUT2D eigenvalue weighted by atomic mass is 14.8. The average molecular weight is 437 g/mol. The van der Waals surface area contributed by atoms with Crippen molar-refractivity contribution in [3.8, 4) is 11.4 Å². The SMILES string of the molecule is CCCCCCCc1ccnc(-c2cc(C(CCCCCC)CCCCCC)ccn2)c1. The second kappa shape index (κ2) is 16.9. The Morgan fingerprint density at radius 3 is 1.75 bits per heavy atom. The summed E-state index contributed by atoms with van der Waals surface area (Å²) in [6, 6.07) is 9.03. The van der Waals surface area contributed by atoms with Gasteiger partial charge in [0.1, 0.15) is 0 Å². The van der Waals surface area contributed by atoms with E-state index in [9.17, 15) is 0 Å². The van der Waals surface area contributed by atoms with Crippen LogP contribution in [0.25, 0.3) is 11.4 Å². The highest BCUT2D eigenvalue weighted by Gasteiger charge is 2.13. The zero-order valence-corrected chi connectivity index (χ0v) is 21.2. The number of pyridine rings is 2. The number of aryl methyl sites for hydroxylation is 1. The van der Waals surface area contributed by atoms with E-state index in [1.54, 1.807) is 0 Å². The van der Waals surface area contributed by atoms with Crippen molar-refractivity contribution in [3.63, 3.8) is 0 Å². The normalized spacial score (nSPS) is 11.4. The van der Waals surface area contributed by atoms with Crippen molar-refractivity contribution in [2.45, 2.75) is 129 Å². The van der Waals surface area contributed by atoms with Gasteiger partial charge >= 0.3 is 0 Å². The van der Waals surface area contributed by atoms with Crippen molar-refractivity contribution in [2.75, 3.05) is 0 Å². The van der Waals surface area contributed by atoms with Crippen LogP contribution in [0.3, 0.4) is 0 Å². The third-order valence-electron chi connectivity index (χ3n) is 6.72. The molecule has 0 spiro atoms. The fourth-order valence-corrected chi connectivity index (χ4v) is 4.66. The number of rotatable bonds is 18. The quantitative estimate of drug-likeness (QED) is 0.217. The fourth-order valence-electron chi connectivity index (χ4n) is 4.66. The Bertz CT molecular complexity index is 712. The molecule has 0 aromatic carbocycles. The summed E-state index contributed by atoms with van der Waals surface area (Å²) in [5, 5.41) is 0. The summed E-state index contributed by atoms with van der Waals surface area (Å²) in [5.41, 5.74) is 4.94. The van der Waals surface area contributed by atoms with Crippen molar-refractivity contribution in [1.29, 1.82) is 0 Å². The molecule has 2 heterocycles. The largest absolute Gasteiger partial charge is 0.255 e. The summed E-state index contributed by atoms with van der Waals surface area (Å²) in [6.07, 6.45) is 25.1. The molecule has 2 nitrogen and oxygen atoms in total. The Hall–Kier alpha value is -1.70. The molecular weight excluding hydrogens is 388 g/mol. The summed E-state index contributed by atoms with van der Waals surface area (Å²) < 4.78 is 0. The summed E-state index contributed by atoms with van der Waals surface area (Å²) in [4.78, 5) is 9.39. The minimum absolute atomic E-state index is 0.659. The first-order chi connectivity index (χ1) is 15.8. The van der Waals surface area contributed by atoms with E-state index < -0.39 is 0 Å². The number of hydrogen-bond donors (Lipinski definition) is 0. The molecule has 0 amide bonds. The Morgan fingerprint density at radius 1 is 0.594 bits per heavy atom. The van der Waals surface area contributed by atoms with Gasteiger partial charge < -0.3 is 0 Å². The van der Waals surface area contributed by atoms with Crippen molar-refractivity contribution in [1.82, 2.24) is 9.97 Å². The molecule has 2 rings (SSSR count). The van der Waals surface area contributed by atoms with Crippen LogP contribution in [0.5, 0.6) is 0 Å². The van der Waals surface area contributed by atoms with Crippen LogP contribution in [-0.4, -0.2) is 9.97 Å². The maximum Gasteiger partial charge on any atom is 0.0889 e. The number of nitrogens with zero attached hydrogens (tertiary/aromatic N) is 2. The van der Waals surface area contributed by atoms with Gasteiger partial charge in [0.25, 0.3) is 0 Å². The smallest absolute Gasteiger partial charge is 0.0889 e. The van der Waals surface area contributed by atoms with Crippen LogP contribution in [0.4, 0.5) is 0 Å². The second-order valence-electron chi connectivity index (χ2n) is 9.58. The van der Waals surface area contributed by atoms with E-state index >= 15 is 0 Å². The molecule has 0 radical (unpaired) electrons. The molecule has 0 saturated carbocycles. The molecular formula is C30H48N2. The number of aromatic nitrogens is 2. The van der Waals surface area contributed by atoms with E-state index in [1.807, 2.05) is 12.4 Å². The Kier molecular flexibility index (Phi) is 14.0. The van der Waals surface area contributed by atoms with Crippen LogP contribution in [0, 0.1) is 0 Å². The zero-order valence-electron chi connectivity index (χ0n) is 21.2. The molecule has 2 aromatic rings. The van der Waals surface area contributed by atoms with Gasteiger partial charge in [-0.25, -0.2) is 0 Å². The first-order valence-corrected chi connectivity index (χ1v) is 13.7. The summed E-state index contributed by atoms with van der Waals surface area (Å²) in [6.45, 7) is 6.87. The van der Waals surface area contributed by atoms with Gasteiger partial charge in [0, 0.05) is 12.4 Å². The monoisotopic (exact) mass is 436 g/mol. The first kappa shape index (κ1) is 26.6. The van der Waals surface area contributed by atoms with E-state index in [0.717, 1.165) is 17.8 Å². The van der Waals surface area contributed by atoms with Crippen molar-refractivity contribution in [3.05, 3.63) is 47.8 Å². The lowest BCUT2D eigenvalue weighted by Gasteiger charge is -2.18. The van der Waals surface area contributed by atoms with Gasteiger partial charge in [0.2, 0.25) is 0 Å². The Labute approximate surface area is 198 Å². The van der Waals surface area contributed by atoms with Crippen molar-refractivity contribution < 1.29 is 0 Å². The van der Waals surface area contributed by atoms with Gasteiger partial charge in [-0.2, -0.15) is 0 Å². The Morgan fingerprint density at radius 2 is 1.12 bits per heavy atom. The maximum absolute atomic E-state index is 4.71. The molecule has 178 valence electrons. The molecule has 0 aliphatic carbocycles. The molecule has 0 unspecified atom stereocenters. The lowest BCUT2D eigenvalue weighted by atomic mass is 9.88. The third kappa shape index (κ3) is 10.3. The Balaban J connectivity index is 2.05. The van der Waals surface area contributed by atoms with E-state index in [1.165, 1.54) is 107 Å². The minimum atomic E-state index is 0.659. The lowest BCUT2D eigenvalue weighted by Crippen LogP contribution is -2.01. The van der Waals surface area contributed by atoms with E-state index in [-0.39, 0.29) is 0 Å². The van der Waals surface area contributed by atoms with E-state index in [4.69, 9.17) is 4.98 Å². The van der Waals surface area contributed by atoms with Crippen LogP contribution in [0.1, 0.15) is 134 Å². The lowest BCUT2D eigenvalue weighted by molar-refractivity contribution is 0.496. The van der Waals surface area contributed by atoms with Crippen LogP contribution in [0.2, 0.25) is 0 Å². The molecule has 0 aliphatic rings.